The van der Waals surface area contributed by atoms with Gasteiger partial charge in [0.25, 0.3) is 5.82 Å². The first-order chi connectivity index (χ1) is 13.7. The van der Waals surface area contributed by atoms with E-state index < -0.39 is 0 Å². The molecule has 0 aliphatic carbocycles. The second-order valence-corrected chi connectivity index (χ2v) is 5.79. The fourth-order valence-electron chi connectivity index (χ4n) is 2.57. The molecule has 0 atom stereocenters. The number of rotatable bonds is 5. The van der Waals surface area contributed by atoms with Crippen molar-refractivity contribution in [1.82, 2.24) is 19.9 Å². The lowest BCUT2D eigenvalue weighted by atomic mass is 10.2. The molecule has 0 bridgehead atoms. The number of hydrogen-bond acceptors (Lipinski definition) is 6. The van der Waals surface area contributed by atoms with Gasteiger partial charge in [-0.2, -0.15) is 4.98 Å². The molecule has 1 aromatic carbocycles. The van der Waals surface area contributed by atoms with Crippen molar-refractivity contribution in [2.24, 2.45) is 0 Å². The fraction of sp³-hybridized carbons (Fsp3) is 0. The molecule has 28 heavy (non-hydrogen) atoms. The molecule has 4 rings (SSSR count). The Balaban J connectivity index is 1.50. The molecule has 0 amide bonds. The molecule has 0 fully saturated rings. The highest BCUT2D eigenvalue weighted by Crippen LogP contribution is 2.27. The molecule has 3 aromatic heterocycles. The average Bonchev–Trinajstić information content (AvgIpc) is 3.24. The van der Waals surface area contributed by atoms with Gasteiger partial charge in [-0.1, -0.05) is 6.57 Å². The molecular weight excluding hydrogens is 354 g/mol. The third kappa shape index (κ3) is 3.89. The molecule has 0 unspecified atom stereocenters. The third-order valence-electron chi connectivity index (χ3n) is 3.81. The van der Waals surface area contributed by atoms with Gasteiger partial charge in [0.05, 0.1) is 11.4 Å². The van der Waals surface area contributed by atoms with Gasteiger partial charge in [-0.05, 0) is 36.4 Å². The number of anilines is 3. The van der Waals surface area contributed by atoms with Crippen molar-refractivity contribution in [1.29, 1.82) is 0 Å². The number of aromatic nitrogens is 4. The summed E-state index contributed by atoms with van der Waals surface area (Å²) in [5.74, 6) is 2.25. The topological polar surface area (TPSA) is 106 Å². The lowest BCUT2D eigenvalue weighted by molar-refractivity contribution is 0.482. The molecule has 8 heteroatoms. The first kappa shape index (κ1) is 17.1. The van der Waals surface area contributed by atoms with Crippen LogP contribution in [-0.4, -0.2) is 19.9 Å². The SMILES string of the molecule is [C-]#[N+]c1cc(Oc2ccc(Nc3cc(-c4ccc[nH]4)nc(N)n3)cc2)ccn1. The maximum atomic E-state index is 7.01. The van der Waals surface area contributed by atoms with Crippen molar-refractivity contribution in [3.05, 3.63) is 78.4 Å². The normalized spacial score (nSPS) is 10.2. The standard InChI is InChI=1S/C20H15N7O/c1-22-18-11-15(8-10-24-18)28-14-6-4-13(5-7-14)25-19-12-17(26-20(21)27-19)16-3-2-9-23-16/h2-12,23H,(H3,21,25,26,27). The maximum absolute atomic E-state index is 7.01. The van der Waals surface area contributed by atoms with E-state index in [9.17, 15) is 0 Å². The van der Waals surface area contributed by atoms with E-state index >= 15 is 0 Å². The predicted octanol–water partition coefficient (Wildman–Crippen LogP) is 4.54. The van der Waals surface area contributed by atoms with E-state index in [1.165, 1.54) is 0 Å². The molecule has 8 nitrogen and oxygen atoms in total. The van der Waals surface area contributed by atoms with Crippen LogP contribution in [0.5, 0.6) is 11.5 Å². The van der Waals surface area contributed by atoms with Gasteiger partial charge in [-0.15, -0.1) is 4.98 Å². The predicted molar refractivity (Wildman–Crippen MR) is 107 cm³/mol. The number of H-pyrrole nitrogens is 1. The zero-order chi connectivity index (χ0) is 19.3. The Hall–Kier alpha value is -4.38. The largest absolute Gasteiger partial charge is 0.458 e. The quantitative estimate of drug-likeness (QED) is 0.446. The minimum Gasteiger partial charge on any atom is -0.458 e. The molecule has 136 valence electrons. The van der Waals surface area contributed by atoms with Gasteiger partial charge >= 0.3 is 0 Å². The van der Waals surface area contributed by atoms with E-state index in [-0.39, 0.29) is 11.8 Å². The van der Waals surface area contributed by atoms with Gasteiger partial charge in [0.1, 0.15) is 23.5 Å². The smallest absolute Gasteiger partial charge is 0.273 e. The summed E-state index contributed by atoms with van der Waals surface area (Å²) >= 11 is 0. The van der Waals surface area contributed by atoms with Crippen LogP contribution in [0.2, 0.25) is 0 Å². The first-order valence-corrected chi connectivity index (χ1v) is 8.36. The minimum atomic E-state index is 0.183. The highest BCUT2D eigenvalue weighted by molar-refractivity contribution is 5.65. The Kier molecular flexibility index (Phi) is 4.55. The average molecular weight is 369 g/mol. The van der Waals surface area contributed by atoms with E-state index in [1.54, 1.807) is 18.3 Å². The number of nitrogens with two attached hydrogens (primary N) is 1. The second kappa shape index (κ2) is 7.47. The van der Waals surface area contributed by atoms with Gasteiger partial charge < -0.3 is 25.6 Å². The molecule has 4 N–H and O–H groups in total. The fourth-order valence-corrected chi connectivity index (χ4v) is 2.57. The van der Waals surface area contributed by atoms with E-state index in [2.05, 4.69) is 30.1 Å². The monoisotopic (exact) mass is 369 g/mol. The molecule has 0 saturated heterocycles. The lowest BCUT2D eigenvalue weighted by Gasteiger charge is -2.09. The van der Waals surface area contributed by atoms with Crippen LogP contribution >= 0.6 is 0 Å². The Morgan fingerprint density at radius 2 is 1.89 bits per heavy atom. The van der Waals surface area contributed by atoms with Crippen LogP contribution in [0, 0.1) is 6.57 Å². The van der Waals surface area contributed by atoms with Crippen LogP contribution in [0.25, 0.3) is 16.2 Å². The number of pyridine rings is 1. The van der Waals surface area contributed by atoms with Crippen molar-refractivity contribution in [3.8, 4) is 22.9 Å². The van der Waals surface area contributed by atoms with Crippen LogP contribution in [0.3, 0.4) is 0 Å². The molecule has 0 aliphatic rings. The molecule has 0 radical (unpaired) electrons. The number of benzene rings is 1. The van der Waals surface area contributed by atoms with Crippen molar-refractivity contribution >= 4 is 23.3 Å². The first-order valence-electron chi connectivity index (χ1n) is 8.36. The molecule has 4 aromatic rings. The second-order valence-electron chi connectivity index (χ2n) is 5.79. The summed E-state index contributed by atoms with van der Waals surface area (Å²) in [6, 6.07) is 16.3. The number of nitrogen functional groups attached to an aromatic ring is 1. The zero-order valence-corrected chi connectivity index (χ0v) is 14.6. The highest BCUT2D eigenvalue weighted by atomic mass is 16.5. The van der Waals surface area contributed by atoms with Crippen LogP contribution < -0.4 is 15.8 Å². The Morgan fingerprint density at radius 3 is 2.64 bits per heavy atom. The number of nitrogens with zero attached hydrogens (tertiary/aromatic N) is 4. The van der Waals surface area contributed by atoms with Crippen molar-refractivity contribution in [2.75, 3.05) is 11.1 Å². The Labute approximate surface area is 160 Å². The van der Waals surface area contributed by atoms with E-state index in [1.807, 2.05) is 48.7 Å². The Morgan fingerprint density at radius 1 is 1.04 bits per heavy atom. The molecule has 0 spiro atoms. The summed E-state index contributed by atoms with van der Waals surface area (Å²) in [7, 11) is 0. The third-order valence-corrected chi connectivity index (χ3v) is 3.81. The van der Waals surface area contributed by atoms with Gasteiger partial charge in [0, 0.05) is 30.1 Å². The molecule has 0 saturated carbocycles. The molecule has 3 heterocycles. The summed E-state index contributed by atoms with van der Waals surface area (Å²) in [6.07, 6.45) is 3.36. The van der Waals surface area contributed by atoms with Gasteiger partial charge in [-0.3, -0.25) is 0 Å². The molecular formula is C20H15N7O. The van der Waals surface area contributed by atoms with E-state index in [4.69, 9.17) is 17.0 Å². The number of aromatic amines is 1. The summed E-state index contributed by atoms with van der Waals surface area (Å²) in [5, 5.41) is 3.21. The molecule has 0 aliphatic heterocycles. The van der Waals surface area contributed by atoms with Crippen molar-refractivity contribution in [2.45, 2.75) is 0 Å². The summed E-state index contributed by atoms with van der Waals surface area (Å²) in [5.41, 5.74) is 8.21. The van der Waals surface area contributed by atoms with Gasteiger partial charge in [-0.25, -0.2) is 4.98 Å². The minimum absolute atomic E-state index is 0.183. The zero-order valence-electron chi connectivity index (χ0n) is 14.6. The van der Waals surface area contributed by atoms with Crippen LogP contribution in [-0.2, 0) is 0 Å². The van der Waals surface area contributed by atoms with Gasteiger partial charge in [0.2, 0.25) is 5.95 Å². The van der Waals surface area contributed by atoms with Gasteiger partial charge in [0.15, 0.2) is 0 Å². The number of hydrogen-bond donors (Lipinski definition) is 3. The van der Waals surface area contributed by atoms with Crippen LogP contribution in [0.4, 0.5) is 23.3 Å². The van der Waals surface area contributed by atoms with E-state index in [0.717, 1.165) is 11.4 Å². The van der Waals surface area contributed by atoms with Crippen molar-refractivity contribution < 1.29 is 4.74 Å². The van der Waals surface area contributed by atoms with Crippen molar-refractivity contribution in [3.63, 3.8) is 0 Å². The number of ether oxygens (including phenoxy) is 1. The summed E-state index contributed by atoms with van der Waals surface area (Å²) in [4.78, 5) is 18.8. The summed E-state index contributed by atoms with van der Waals surface area (Å²) < 4.78 is 5.75. The van der Waals surface area contributed by atoms with Crippen LogP contribution in [0.15, 0.2) is 67.0 Å². The highest BCUT2D eigenvalue weighted by Gasteiger charge is 2.07. The summed E-state index contributed by atoms with van der Waals surface area (Å²) in [6.45, 7) is 7.01. The van der Waals surface area contributed by atoms with E-state index in [0.29, 0.717) is 23.0 Å². The lowest BCUT2D eigenvalue weighted by Crippen LogP contribution is -2.01. The Bertz CT molecular complexity index is 1130. The van der Waals surface area contributed by atoms with Crippen LogP contribution in [0.1, 0.15) is 0 Å². The maximum Gasteiger partial charge on any atom is 0.273 e. The number of nitrogens with one attached hydrogen (secondary N) is 2.